The van der Waals surface area contributed by atoms with Gasteiger partial charge in [-0.05, 0) is 68.0 Å². The number of hydrogen-bond donors (Lipinski definition) is 1. The Bertz CT molecular complexity index is 1450. The normalized spacial score (nSPS) is 14.7. The number of anilines is 1. The third kappa shape index (κ3) is 5.62. The summed E-state index contributed by atoms with van der Waals surface area (Å²) < 4.78 is 57.9. The summed E-state index contributed by atoms with van der Waals surface area (Å²) in [7, 11) is 0. The van der Waals surface area contributed by atoms with Crippen molar-refractivity contribution >= 4 is 27.9 Å². The number of nitrogens with zero attached hydrogens (tertiary/aromatic N) is 3. The first-order chi connectivity index (χ1) is 18.1. The molecule has 0 bridgehead atoms. The Balaban J connectivity index is 1.17. The largest absolute Gasteiger partial charge is 0.573 e. The molecule has 11 heteroatoms. The fourth-order valence-corrected chi connectivity index (χ4v) is 5.79. The molecule has 0 aliphatic carbocycles. The van der Waals surface area contributed by atoms with Gasteiger partial charge in [0.15, 0.2) is 4.96 Å². The van der Waals surface area contributed by atoms with Gasteiger partial charge in [-0.2, -0.15) is 0 Å². The number of hydrogen-bond acceptors (Lipinski definition) is 5. The molecule has 38 heavy (non-hydrogen) atoms. The first kappa shape index (κ1) is 26.0. The zero-order valence-corrected chi connectivity index (χ0v) is 21.6. The van der Waals surface area contributed by atoms with Crippen molar-refractivity contribution in [3.8, 4) is 5.75 Å². The van der Waals surface area contributed by atoms with E-state index in [0.717, 1.165) is 28.2 Å². The SMILES string of the molecule is Cc1cn2c(C(=O)NCc3ccc(N4CCC(c5ccc(OC(F)(F)F)cc5)CC4)c(F)c3)c(C)nc2s1. The van der Waals surface area contributed by atoms with Crippen molar-refractivity contribution in [2.24, 2.45) is 0 Å². The maximum atomic E-state index is 15.0. The summed E-state index contributed by atoms with van der Waals surface area (Å²) in [5.74, 6) is -0.695. The van der Waals surface area contributed by atoms with E-state index in [1.165, 1.54) is 29.5 Å². The number of benzene rings is 2. The van der Waals surface area contributed by atoms with Gasteiger partial charge in [-0.1, -0.05) is 18.2 Å². The quantitative estimate of drug-likeness (QED) is 0.286. The third-order valence-electron chi connectivity index (χ3n) is 6.72. The summed E-state index contributed by atoms with van der Waals surface area (Å²) in [6.45, 7) is 5.17. The second kappa shape index (κ2) is 10.3. The lowest BCUT2D eigenvalue weighted by molar-refractivity contribution is -0.274. The molecule has 2 aromatic heterocycles. The van der Waals surface area contributed by atoms with E-state index < -0.39 is 6.36 Å². The van der Waals surface area contributed by atoms with Gasteiger partial charge in [-0.25, -0.2) is 9.37 Å². The molecule has 2 aromatic carbocycles. The van der Waals surface area contributed by atoms with Crippen molar-refractivity contribution in [1.29, 1.82) is 0 Å². The summed E-state index contributed by atoms with van der Waals surface area (Å²) >= 11 is 1.51. The number of carbonyl (C=O) groups excluding carboxylic acids is 1. The van der Waals surface area contributed by atoms with Crippen LogP contribution in [0.15, 0.2) is 48.7 Å². The lowest BCUT2D eigenvalue weighted by Gasteiger charge is -2.34. The van der Waals surface area contributed by atoms with E-state index >= 15 is 4.39 Å². The Morgan fingerprint density at radius 2 is 1.84 bits per heavy atom. The van der Waals surface area contributed by atoms with Gasteiger partial charge < -0.3 is 15.0 Å². The van der Waals surface area contributed by atoms with Crippen LogP contribution < -0.4 is 15.0 Å². The monoisotopic (exact) mass is 546 g/mol. The fourth-order valence-electron chi connectivity index (χ4n) is 4.92. The van der Waals surface area contributed by atoms with Gasteiger partial charge in [0.1, 0.15) is 17.3 Å². The van der Waals surface area contributed by atoms with E-state index in [-0.39, 0.29) is 29.9 Å². The van der Waals surface area contributed by atoms with Crippen molar-refractivity contribution in [1.82, 2.24) is 14.7 Å². The topological polar surface area (TPSA) is 58.9 Å². The molecule has 0 atom stereocenters. The Labute approximate surface area is 220 Å². The number of alkyl halides is 3. The van der Waals surface area contributed by atoms with E-state index in [4.69, 9.17) is 0 Å². The van der Waals surface area contributed by atoms with E-state index in [9.17, 15) is 18.0 Å². The van der Waals surface area contributed by atoms with Crippen LogP contribution in [-0.2, 0) is 6.54 Å². The Morgan fingerprint density at radius 1 is 1.13 bits per heavy atom. The maximum absolute atomic E-state index is 15.0. The van der Waals surface area contributed by atoms with Crippen LogP contribution in [0.25, 0.3) is 4.96 Å². The van der Waals surface area contributed by atoms with Crippen molar-refractivity contribution in [2.45, 2.75) is 45.5 Å². The minimum absolute atomic E-state index is 0.175. The van der Waals surface area contributed by atoms with Crippen molar-refractivity contribution < 1.29 is 27.1 Å². The number of nitrogens with one attached hydrogen (secondary N) is 1. The molecule has 1 N–H and O–H groups in total. The number of aryl methyl sites for hydroxylation is 2. The minimum atomic E-state index is -4.71. The third-order valence-corrected chi connectivity index (χ3v) is 7.62. The number of imidazole rings is 1. The molecule has 0 radical (unpaired) electrons. The van der Waals surface area contributed by atoms with Gasteiger partial charge in [-0.15, -0.1) is 24.5 Å². The van der Waals surface area contributed by atoms with Gasteiger partial charge in [0, 0.05) is 30.7 Å². The van der Waals surface area contributed by atoms with Crippen molar-refractivity contribution in [3.63, 3.8) is 0 Å². The lowest BCUT2D eigenvalue weighted by Crippen LogP contribution is -2.33. The fraction of sp³-hybridized carbons (Fsp3) is 0.333. The van der Waals surface area contributed by atoms with Crippen LogP contribution in [0.1, 0.15) is 50.9 Å². The van der Waals surface area contributed by atoms with E-state index in [1.807, 2.05) is 18.0 Å². The number of fused-ring (bicyclic) bond motifs is 1. The van der Waals surface area contributed by atoms with Gasteiger partial charge in [0.05, 0.1) is 11.4 Å². The molecule has 3 heterocycles. The van der Waals surface area contributed by atoms with Crippen LogP contribution in [-0.4, -0.2) is 34.7 Å². The molecule has 1 amide bonds. The molecule has 5 rings (SSSR count). The van der Waals surface area contributed by atoms with E-state index in [0.29, 0.717) is 35.7 Å². The van der Waals surface area contributed by atoms with Crippen LogP contribution in [0.3, 0.4) is 0 Å². The van der Waals surface area contributed by atoms with Crippen LogP contribution in [0.2, 0.25) is 0 Å². The number of halogens is 4. The average Bonchev–Trinajstić information content (AvgIpc) is 3.36. The molecule has 6 nitrogen and oxygen atoms in total. The summed E-state index contributed by atoms with van der Waals surface area (Å²) in [5, 5.41) is 2.86. The second-order valence-corrected chi connectivity index (χ2v) is 10.6. The maximum Gasteiger partial charge on any atom is 0.573 e. The highest BCUT2D eigenvalue weighted by Crippen LogP contribution is 2.33. The number of amides is 1. The Kier molecular flexibility index (Phi) is 7.04. The van der Waals surface area contributed by atoms with Crippen molar-refractivity contribution in [3.05, 3.63) is 81.9 Å². The number of aromatic nitrogens is 2. The number of rotatable bonds is 6. The summed E-state index contributed by atoms with van der Waals surface area (Å²) in [4.78, 5) is 21.0. The van der Waals surface area contributed by atoms with Crippen LogP contribution in [0.4, 0.5) is 23.2 Å². The van der Waals surface area contributed by atoms with Gasteiger partial charge in [0.2, 0.25) is 0 Å². The van der Waals surface area contributed by atoms with E-state index in [2.05, 4.69) is 15.0 Å². The molecule has 0 spiro atoms. The molecule has 1 fully saturated rings. The zero-order chi connectivity index (χ0) is 27.0. The predicted octanol–water partition coefficient (Wildman–Crippen LogP) is 6.36. The Hall–Kier alpha value is -3.60. The summed E-state index contributed by atoms with van der Waals surface area (Å²) in [5.41, 5.74) is 3.20. The first-order valence-corrected chi connectivity index (χ1v) is 13.0. The van der Waals surface area contributed by atoms with Crippen LogP contribution in [0, 0.1) is 19.7 Å². The molecule has 200 valence electrons. The van der Waals surface area contributed by atoms with Crippen LogP contribution >= 0.6 is 11.3 Å². The Morgan fingerprint density at radius 3 is 2.50 bits per heavy atom. The number of thiazole rings is 1. The smallest absolute Gasteiger partial charge is 0.406 e. The molecule has 4 aromatic rings. The molecule has 1 aliphatic heterocycles. The first-order valence-electron chi connectivity index (χ1n) is 12.2. The van der Waals surface area contributed by atoms with Gasteiger partial charge in [0.25, 0.3) is 5.91 Å². The summed E-state index contributed by atoms with van der Waals surface area (Å²) in [6, 6.07) is 10.9. The lowest BCUT2D eigenvalue weighted by atomic mass is 9.89. The number of carbonyl (C=O) groups is 1. The predicted molar refractivity (Wildman–Crippen MR) is 137 cm³/mol. The highest BCUT2D eigenvalue weighted by Gasteiger charge is 2.31. The van der Waals surface area contributed by atoms with Gasteiger partial charge >= 0.3 is 6.36 Å². The molecular formula is C27H26F4N4O2S. The minimum Gasteiger partial charge on any atom is -0.406 e. The van der Waals surface area contributed by atoms with Gasteiger partial charge in [-0.3, -0.25) is 9.20 Å². The van der Waals surface area contributed by atoms with Crippen molar-refractivity contribution in [2.75, 3.05) is 18.0 Å². The second-order valence-electron chi connectivity index (χ2n) is 9.39. The standard InChI is InChI=1S/C27H26F4N4O2S/c1-16-15-35-24(17(2)33-26(35)38-16)25(36)32-14-18-3-8-23(22(28)13-18)34-11-9-20(10-12-34)19-4-6-21(7-5-19)37-27(29,30)31/h3-8,13,15,20H,9-12,14H2,1-2H3,(H,32,36). The summed E-state index contributed by atoms with van der Waals surface area (Å²) in [6.07, 6.45) is -1.34. The van der Waals surface area contributed by atoms with E-state index in [1.54, 1.807) is 35.6 Å². The van der Waals surface area contributed by atoms with Crippen LogP contribution in [0.5, 0.6) is 5.75 Å². The highest BCUT2D eigenvalue weighted by atomic mass is 32.1. The molecule has 0 saturated carbocycles. The average molecular weight is 547 g/mol. The zero-order valence-electron chi connectivity index (χ0n) is 20.8. The molecule has 1 aliphatic rings. The number of ether oxygens (including phenoxy) is 1. The number of piperidine rings is 1. The molecular weight excluding hydrogens is 520 g/mol. The molecule has 0 unspecified atom stereocenters. The molecule has 1 saturated heterocycles. The highest BCUT2D eigenvalue weighted by molar-refractivity contribution is 7.17.